The summed E-state index contributed by atoms with van der Waals surface area (Å²) in [6.45, 7) is 0. The van der Waals surface area contributed by atoms with Crippen molar-refractivity contribution in [2.24, 2.45) is 5.73 Å². The molecule has 9 nitrogen and oxygen atoms in total. The van der Waals surface area contributed by atoms with Gasteiger partial charge in [0.2, 0.25) is 11.8 Å². The van der Waals surface area contributed by atoms with Crippen LogP contribution in [0.2, 0.25) is 0 Å². The van der Waals surface area contributed by atoms with E-state index in [1.165, 1.54) is 17.8 Å². The van der Waals surface area contributed by atoms with E-state index in [1.807, 2.05) is 24.3 Å². The zero-order valence-electron chi connectivity index (χ0n) is 24.2. The van der Waals surface area contributed by atoms with Crippen molar-refractivity contribution in [1.82, 2.24) is 5.32 Å². The third-order valence-electron chi connectivity index (χ3n) is 6.51. The lowest BCUT2D eigenvalue weighted by Gasteiger charge is -2.11. The van der Waals surface area contributed by atoms with E-state index in [0.29, 0.717) is 34.0 Å². The van der Waals surface area contributed by atoms with Gasteiger partial charge in [0, 0.05) is 43.5 Å². The number of nitrogens with one attached hydrogen (secondary N) is 3. The number of anilines is 2. The molecule has 0 aliphatic carbocycles. The number of halogens is 1. The molecule has 0 aliphatic rings. The van der Waals surface area contributed by atoms with Crippen LogP contribution in [0.25, 0.3) is 17.4 Å². The lowest BCUT2D eigenvalue weighted by Crippen LogP contribution is -2.30. The highest BCUT2D eigenvalue weighted by atomic mass is 79.9. The molecular formula is C35H27BrN4O5S. The van der Waals surface area contributed by atoms with Crippen molar-refractivity contribution in [2.75, 3.05) is 16.4 Å². The van der Waals surface area contributed by atoms with Crippen LogP contribution >= 0.6 is 27.7 Å². The Kier molecular flexibility index (Phi) is 10.5. The molecule has 0 aliphatic heterocycles. The lowest BCUT2D eigenvalue weighted by atomic mass is 10.2. The second kappa shape index (κ2) is 15.1. The maximum Gasteiger partial charge on any atom is 0.272 e. The number of carbonyl (C=O) groups excluding carboxylic acids is 4. The van der Waals surface area contributed by atoms with Gasteiger partial charge in [0.05, 0.1) is 5.75 Å². The van der Waals surface area contributed by atoms with Gasteiger partial charge in [-0.2, -0.15) is 0 Å². The SMILES string of the molecule is NC(=O)c1ccc(NC(=O)CSc2ccc(NC(=O)C(=Cc3ccc(-c4ccc(Br)cc4)o3)NC(=O)c3ccccc3)cc2)cc1. The molecule has 4 amide bonds. The van der Waals surface area contributed by atoms with Crippen molar-refractivity contribution in [3.8, 4) is 11.3 Å². The van der Waals surface area contributed by atoms with Crippen molar-refractivity contribution in [3.05, 3.63) is 142 Å². The molecule has 230 valence electrons. The Morgan fingerprint density at radius 3 is 2.07 bits per heavy atom. The average molecular weight is 696 g/mol. The predicted molar refractivity (Wildman–Crippen MR) is 183 cm³/mol. The van der Waals surface area contributed by atoms with Gasteiger partial charge in [-0.05, 0) is 84.9 Å². The zero-order valence-corrected chi connectivity index (χ0v) is 26.6. The van der Waals surface area contributed by atoms with Crippen LogP contribution in [0.15, 0.2) is 135 Å². The maximum atomic E-state index is 13.4. The van der Waals surface area contributed by atoms with Gasteiger partial charge in [0.1, 0.15) is 17.2 Å². The standard InChI is InChI=1S/C35H27BrN4O5S/c36-25-10-6-22(7-11-25)31-19-16-28(45-31)20-30(40-34(43)24-4-2-1-3-5-24)35(44)39-27-14-17-29(18-15-27)46-21-32(41)38-26-12-8-23(9-13-26)33(37)42/h1-20H,21H2,(H2,37,42)(H,38,41)(H,39,44)(H,40,43). The molecule has 11 heteroatoms. The van der Waals surface area contributed by atoms with Crippen LogP contribution in [-0.2, 0) is 9.59 Å². The number of thioether (sulfide) groups is 1. The summed E-state index contributed by atoms with van der Waals surface area (Å²) in [5.41, 5.74) is 7.88. The topological polar surface area (TPSA) is 144 Å². The van der Waals surface area contributed by atoms with Gasteiger partial charge in [-0.3, -0.25) is 19.2 Å². The van der Waals surface area contributed by atoms with E-state index < -0.39 is 17.7 Å². The summed E-state index contributed by atoms with van der Waals surface area (Å²) in [6.07, 6.45) is 1.47. The van der Waals surface area contributed by atoms with Crippen LogP contribution in [0.4, 0.5) is 11.4 Å². The Balaban J connectivity index is 1.24. The van der Waals surface area contributed by atoms with Gasteiger partial charge >= 0.3 is 0 Å². The minimum Gasteiger partial charge on any atom is -0.457 e. The van der Waals surface area contributed by atoms with Crippen molar-refractivity contribution in [3.63, 3.8) is 0 Å². The summed E-state index contributed by atoms with van der Waals surface area (Å²) >= 11 is 4.74. The number of benzene rings is 4. The van der Waals surface area contributed by atoms with E-state index in [1.54, 1.807) is 91.0 Å². The fraction of sp³-hybridized carbons (Fsp3) is 0.0286. The van der Waals surface area contributed by atoms with Crippen molar-refractivity contribution in [2.45, 2.75) is 4.90 Å². The van der Waals surface area contributed by atoms with Crippen molar-refractivity contribution < 1.29 is 23.6 Å². The number of nitrogens with two attached hydrogens (primary N) is 1. The second-order valence-electron chi connectivity index (χ2n) is 9.84. The number of furan rings is 1. The summed E-state index contributed by atoms with van der Waals surface area (Å²) in [4.78, 5) is 50.8. The number of hydrogen-bond donors (Lipinski definition) is 4. The molecule has 0 fully saturated rings. The first-order valence-electron chi connectivity index (χ1n) is 13.9. The van der Waals surface area contributed by atoms with Crippen molar-refractivity contribution in [1.29, 1.82) is 0 Å². The van der Waals surface area contributed by atoms with Gasteiger partial charge in [-0.1, -0.05) is 46.3 Å². The third kappa shape index (κ3) is 8.84. The predicted octanol–water partition coefficient (Wildman–Crippen LogP) is 6.95. The van der Waals surface area contributed by atoms with Gasteiger partial charge < -0.3 is 26.1 Å². The van der Waals surface area contributed by atoms with Crippen LogP contribution in [-0.4, -0.2) is 29.4 Å². The molecule has 0 saturated heterocycles. The van der Waals surface area contributed by atoms with Gasteiger partial charge in [0.15, 0.2) is 0 Å². The fourth-order valence-electron chi connectivity index (χ4n) is 4.18. The normalized spacial score (nSPS) is 11.0. The number of hydrogen-bond acceptors (Lipinski definition) is 6. The van der Waals surface area contributed by atoms with Gasteiger partial charge in [-0.15, -0.1) is 11.8 Å². The van der Waals surface area contributed by atoms with Crippen LogP contribution in [0.1, 0.15) is 26.5 Å². The fourth-order valence-corrected chi connectivity index (χ4v) is 5.14. The Bertz CT molecular complexity index is 1890. The highest BCUT2D eigenvalue weighted by Crippen LogP contribution is 2.26. The van der Waals surface area contributed by atoms with E-state index in [2.05, 4.69) is 31.9 Å². The first-order chi connectivity index (χ1) is 22.2. The zero-order chi connectivity index (χ0) is 32.5. The molecule has 46 heavy (non-hydrogen) atoms. The minimum absolute atomic E-state index is 0.00968. The molecular weight excluding hydrogens is 668 g/mol. The monoisotopic (exact) mass is 694 g/mol. The lowest BCUT2D eigenvalue weighted by molar-refractivity contribution is -0.114. The molecule has 0 saturated carbocycles. The Labute approximate surface area is 277 Å². The smallest absolute Gasteiger partial charge is 0.272 e. The maximum absolute atomic E-state index is 13.4. The highest BCUT2D eigenvalue weighted by molar-refractivity contribution is 9.10. The first kappa shape index (κ1) is 32.0. The second-order valence-corrected chi connectivity index (χ2v) is 11.8. The van der Waals surface area contributed by atoms with E-state index in [0.717, 1.165) is 14.9 Å². The molecule has 0 spiro atoms. The molecule has 5 N–H and O–H groups in total. The molecule has 0 bridgehead atoms. The van der Waals surface area contributed by atoms with Crippen molar-refractivity contribution >= 4 is 68.8 Å². The van der Waals surface area contributed by atoms with Crippen LogP contribution in [0, 0.1) is 0 Å². The molecule has 5 rings (SSSR count). The van der Waals surface area contributed by atoms with Gasteiger partial charge in [0.25, 0.3) is 11.8 Å². The van der Waals surface area contributed by atoms with Crippen LogP contribution in [0.5, 0.6) is 0 Å². The largest absolute Gasteiger partial charge is 0.457 e. The summed E-state index contributed by atoms with van der Waals surface area (Å²) in [7, 11) is 0. The number of rotatable bonds is 11. The van der Waals surface area contributed by atoms with Crippen LogP contribution < -0.4 is 21.7 Å². The van der Waals surface area contributed by atoms with Gasteiger partial charge in [-0.25, -0.2) is 0 Å². The number of primary amides is 1. The van der Waals surface area contributed by atoms with Crippen LogP contribution in [0.3, 0.4) is 0 Å². The summed E-state index contributed by atoms with van der Waals surface area (Å²) < 4.78 is 6.90. The Hall–Kier alpha value is -5.39. The molecule has 0 unspecified atom stereocenters. The Morgan fingerprint density at radius 1 is 0.739 bits per heavy atom. The number of carbonyl (C=O) groups is 4. The van der Waals surface area contributed by atoms with E-state index >= 15 is 0 Å². The Morgan fingerprint density at radius 2 is 1.39 bits per heavy atom. The highest BCUT2D eigenvalue weighted by Gasteiger charge is 2.17. The number of amides is 4. The quantitative estimate of drug-likeness (QED) is 0.0871. The van der Waals surface area contributed by atoms with E-state index in [4.69, 9.17) is 10.2 Å². The molecule has 1 aromatic heterocycles. The summed E-state index contributed by atoms with van der Waals surface area (Å²) in [5, 5.41) is 8.28. The van der Waals surface area contributed by atoms with E-state index in [9.17, 15) is 19.2 Å². The molecule has 4 aromatic carbocycles. The molecule has 1 heterocycles. The summed E-state index contributed by atoms with van der Waals surface area (Å²) in [5.74, 6) is -0.627. The molecule has 0 atom stereocenters. The average Bonchev–Trinajstić information content (AvgIpc) is 3.53. The molecule has 5 aromatic rings. The first-order valence-corrected chi connectivity index (χ1v) is 15.7. The molecule has 0 radical (unpaired) electrons. The minimum atomic E-state index is -0.548. The van der Waals surface area contributed by atoms with E-state index in [-0.39, 0.29) is 17.4 Å². The summed E-state index contributed by atoms with van der Waals surface area (Å²) in [6, 6.07) is 33.0. The third-order valence-corrected chi connectivity index (χ3v) is 8.05.